The summed E-state index contributed by atoms with van der Waals surface area (Å²) in [5.74, 6) is -0.727. The van der Waals surface area contributed by atoms with E-state index in [1.165, 1.54) is 11.1 Å². The second-order valence-corrected chi connectivity index (χ2v) is 7.64. The molecule has 0 amide bonds. The maximum atomic E-state index is 12.8. The van der Waals surface area contributed by atoms with Gasteiger partial charge in [0.15, 0.2) is 6.61 Å². The first-order valence-corrected chi connectivity index (χ1v) is 9.90. The van der Waals surface area contributed by atoms with E-state index in [0.29, 0.717) is 11.1 Å². The summed E-state index contributed by atoms with van der Waals surface area (Å²) in [5.41, 5.74) is 7.08. The first kappa shape index (κ1) is 19.7. The van der Waals surface area contributed by atoms with Crippen molar-refractivity contribution in [3.63, 3.8) is 0 Å². The predicted octanol–water partition coefficient (Wildman–Crippen LogP) is 5.23. The second kappa shape index (κ2) is 7.67. The number of benzene rings is 2. The Balaban J connectivity index is 1.54. The molecule has 0 aliphatic heterocycles. The maximum absolute atomic E-state index is 12.8. The van der Waals surface area contributed by atoms with Crippen LogP contribution in [0, 0.1) is 27.7 Å². The third-order valence-electron chi connectivity index (χ3n) is 5.62. The molecule has 1 N–H and O–H groups in total. The van der Waals surface area contributed by atoms with Crippen LogP contribution in [0.3, 0.4) is 0 Å². The molecule has 4 aromatic rings. The van der Waals surface area contributed by atoms with Gasteiger partial charge in [-0.25, -0.2) is 4.79 Å². The number of hydrogen-bond acceptors (Lipinski definition) is 3. The molecule has 5 heteroatoms. The number of hydrogen-bond donors (Lipinski definition) is 1. The lowest BCUT2D eigenvalue weighted by Gasteiger charge is -2.12. The number of esters is 1. The van der Waals surface area contributed by atoms with Gasteiger partial charge in [-0.2, -0.15) is 0 Å². The van der Waals surface area contributed by atoms with E-state index >= 15 is 0 Å². The summed E-state index contributed by atoms with van der Waals surface area (Å²) in [6.45, 7) is 7.73. The Bertz CT molecular complexity index is 1280. The molecular weight excluding hydrogens is 376 g/mol. The number of ether oxygens (including phenoxy) is 1. The molecule has 0 saturated carbocycles. The summed E-state index contributed by atoms with van der Waals surface area (Å²) < 4.78 is 7.39. The molecule has 0 radical (unpaired) electrons. The van der Waals surface area contributed by atoms with Crippen LogP contribution in [0.1, 0.15) is 43.2 Å². The number of ketones is 1. The van der Waals surface area contributed by atoms with Crippen LogP contribution >= 0.6 is 0 Å². The summed E-state index contributed by atoms with van der Waals surface area (Å²) in [6.07, 6.45) is 1.61. The van der Waals surface area contributed by atoms with E-state index in [2.05, 4.69) is 35.5 Å². The lowest BCUT2D eigenvalue weighted by Crippen LogP contribution is -2.15. The molecule has 0 bridgehead atoms. The summed E-state index contributed by atoms with van der Waals surface area (Å²) in [6, 6.07) is 15.6. The summed E-state index contributed by atoms with van der Waals surface area (Å²) in [4.78, 5) is 28.4. The van der Waals surface area contributed by atoms with Crippen LogP contribution in [0.15, 0.2) is 54.7 Å². The van der Waals surface area contributed by atoms with Gasteiger partial charge in [-0.15, -0.1) is 0 Å². The summed E-state index contributed by atoms with van der Waals surface area (Å²) >= 11 is 0. The number of rotatable bonds is 5. The minimum absolute atomic E-state index is 0.216. The van der Waals surface area contributed by atoms with Crippen LogP contribution in [0.25, 0.3) is 16.6 Å². The van der Waals surface area contributed by atoms with Crippen molar-refractivity contribution in [3.05, 3.63) is 88.4 Å². The highest BCUT2D eigenvalue weighted by Crippen LogP contribution is 2.24. The molecule has 2 aromatic carbocycles. The average molecular weight is 400 g/mol. The number of aromatic nitrogens is 2. The van der Waals surface area contributed by atoms with Crippen molar-refractivity contribution in [3.8, 4) is 5.69 Å². The average Bonchev–Trinajstić information content (AvgIpc) is 3.29. The monoisotopic (exact) mass is 400 g/mol. The smallest absolute Gasteiger partial charge is 0.340 e. The molecule has 0 aliphatic rings. The molecule has 0 unspecified atom stereocenters. The van der Waals surface area contributed by atoms with Gasteiger partial charge in [0.05, 0.1) is 5.56 Å². The van der Waals surface area contributed by atoms with E-state index in [0.717, 1.165) is 28.0 Å². The van der Waals surface area contributed by atoms with Gasteiger partial charge in [0, 0.05) is 39.7 Å². The number of fused-ring (bicyclic) bond motifs is 1. The lowest BCUT2D eigenvalue weighted by molar-refractivity contribution is 0.0476. The van der Waals surface area contributed by atoms with E-state index in [9.17, 15) is 9.59 Å². The van der Waals surface area contributed by atoms with Crippen LogP contribution in [-0.4, -0.2) is 27.9 Å². The van der Waals surface area contributed by atoms with Crippen molar-refractivity contribution in [1.29, 1.82) is 0 Å². The standard InChI is InChI=1S/C25H24N2O3/c1-15-9-10-19(11-16(15)2)27-17(3)12-21(18(27)4)24(28)14-30-25(29)22-13-26-23-8-6-5-7-20(22)23/h5-13,26H,14H2,1-4H3. The van der Waals surface area contributed by atoms with Gasteiger partial charge in [-0.3, -0.25) is 4.79 Å². The van der Waals surface area contributed by atoms with Gasteiger partial charge in [-0.05, 0) is 63.1 Å². The summed E-state index contributed by atoms with van der Waals surface area (Å²) in [5, 5.41) is 0.780. The first-order valence-electron chi connectivity index (χ1n) is 9.90. The molecule has 0 saturated heterocycles. The molecule has 2 heterocycles. The normalized spacial score (nSPS) is 11.1. The van der Waals surface area contributed by atoms with E-state index in [1.807, 2.05) is 50.2 Å². The Morgan fingerprint density at radius 1 is 0.933 bits per heavy atom. The van der Waals surface area contributed by atoms with Crippen molar-refractivity contribution < 1.29 is 14.3 Å². The highest BCUT2D eigenvalue weighted by molar-refractivity contribution is 6.05. The largest absolute Gasteiger partial charge is 0.454 e. The number of nitrogens with one attached hydrogen (secondary N) is 1. The molecule has 0 atom stereocenters. The summed E-state index contributed by atoms with van der Waals surface area (Å²) in [7, 11) is 0. The number of H-pyrrole nitrogens is 1. The van der Waals surface area contributed by atoms with Crippen LogP contribution in [-0.2, 0) is 4.74 Å². The Morgan fingerprint density at radius 3 is 2.47 bits per heavy atom. The number of carbonyl (C=O) groups excluding carboxylic acids is 2. The second-order valence-electron chi connectivity index (χ2n) is 7.64. The van der Waals surface area contributed by atoms with E-state index in [-0.39, 0.29) is 12.4 Å². The Kier molecular flexibility index (Phi) is 5.04. The topological polar surface area (TPSA) is 64.1 Å². The number of carbonyl (C=O) groups is 2. The van der Waals surface area contributed by atoms with Crippen LogP contribution in [0.2, 0.25) is 0 Å². The third-order valence-corrected chi connectivity index (χ3v) is 5.62. The molecule has 0 spiro atoms. The molecule has 30 heavy (non-hydrogen) atoms. The van der Waals surface area contributed by atoms with Crippen LogP contribution < -0.4 is 0 Å². The van der Waals surface area contributed by atoms with Crippen LogP contribution in [0.5, 0.6) is 0 Å². The highest BCUT2D eigenvalue weighted by atomic mass is 16.5. The van der Waals surface area contributed by atoms with E-state index in [1.54, 1.807) is 6.20 Å². The zero-order chi connectivity index (χ0) is 21.4. The highest BCUT2D eigenvalue weighted by Gasteiger charge is 2.20. The Labute approximate surface area is 175 Å². The fraction of sp³-hybridized carbons (Fsp3) is 0.200. The fourth-order valence-electron chi connectivity index (χ4n) is 3.83. The van der Waals surface area contributed by atoms with E-state index in [4.69, 9.17) is 4.74 Å². The Hall–Kier alpha value is -3.60. The predicted molar refractivity (Wildman–Crippen MR) is 118 cm³/mol. The van der Waals surface area contributed by atoms with Gasteiger partial charge in [0.25, 0.3) is 0 Å². The minimum atomic E-state index is -0.510. The van der Waals surface area contributed by atoms with Gasteiger partial charge < -0.3 is 14.3 Å². The molecule has 0 fully saturated rings. The van der Waals surface area contributed by atoms with Crippen molar-refractivity contribution >= 4 is 22.7 Å². The number of para-hydroxylation sites is 1. The quantitative estimate of drug-likeness (QED) is 0.368. The van der Waals surface area contributed by atoms with Crippen molar-refractivity contribution in [1.82, 2.24) is 9.55 Å². The SMILES string of the molecule is Cc1ccc(-n2c(C)cc(C(=O)COC(=O)c3c[nH]c4ccccc34)c2C)cc1C. The zero-order valence-electron chi connectivity index (χ0n) is 17.6. The van der Waals surface area contributed by atoms with Crippen molar-refractivity contribution in [2.24, 2.45) is 0 Å². The fourth-order valence-corrected chi connectivity index (χ4v) is 3.83. The van der Waals surface area contributed by atoms with Gasteiger partial charge in [0.1, 0.15) is 0 Å². The zero-order valence-corrected chi connectivity index (χ0v) is 17.6. The van der Waals surface area contributed by atoms with Crippen molar-refractivity contribution in [2.75, 3.05) is 6.61 Å². The molecule has 152 valence electrons. The number of aromatic amines is 1. The van der Waals surface area contributed by atoms with Gasteiger partial charge in [-0.1, -0.05) is 24.3 Å². The molecule has 4 rings (SSSR count). The van der Waals surface area contributed by atoms with Crippen LogP contribution in [0.4, 0.5) is 0 Å². The Morgan fingerprint density at radius 2 is 1.70 bits per heavy atom. The van der Waals surface area contributed by atoms with E-state index < -0.39 is 5.97 Å². The number of aryl methyl sites for hydroxylation is 3. The van der Waals surface area contributed by atoms with Gasteiger partial charge in [0.2, 0.25) is 5.78 Å². The molecule has 2 aromatic heterocycles. The van der Waals surface area contributed by atoms with Crippen molar-refractivity contribution in [2.45, 2.75) is 27.7 Å². The minimum Gasteiger partial charge on any atom is -0.454 e. The maximum Gasteiger partial charge on any atom is 0.340 e. The number of nitrogens with zero attached hydrogens (tertiary/aromatic N) is 1. The molecule has 5 nitrogen and oxygen atoms in total. The first-order chi connectivity index (χ1) is 14.4. The number of Topliss-reactive ketones (excluding diaryl/α,β-unsaturated/α-hetero) is 1. The lowest BCUT2D eigenvalue weighted by atomic mass is 10.1. The molecule has 0 aliphatic carbocycles. The molecular formula is C25H24N2O3. The van der Waals surface area contributed by atoms with Gasteiger partial charge >= 0.3 is 5.97 Å². The third kappa shape index (κ3) is 3.43.